The molecule has 0 aromatic heterocycles. The minimum absolute atomic E-state index is 0.527. The normalized spacial score (nSPS) is 18.8. The maximum absolute atomic E-state index is 6.03. The van der Waals surface area contributed by atoms with Crippen LogP contribution in [0.4, 0.5) is 0 Å². The zero-order valence-corrected chi connectivity index (χ0v) is 17.9. The Morgan fingerprint density at radius 1 is 1.25 bits per heavy atom. The number of rotatable bonds is 6. The van der Waals surface area contributed by atoms with E-state index in [-0.39, 0.29) is 0 Å². The zero-order valence-electron chi connectivity index (χ0n) is 16.4. The molecular weight excluding hydrogens is 397 g/mol. The molecule has 1 aromatic rings. The van der Waals surface area contributed by atoms with Gasteiger partial charge >= 0.3 is 0 Å². The third-order valence-electron chi connectivity index (χ3n) is 5.23. The van der Waals surface area contributed by atoms with E-state index in [1.807, 2.05) is 19.2 Å². The Morgan fingerprint density at radius 3 is 2.64 bits per heavy atom. The minimum atomic E-state index is 0.527. The lowest BCUT2D eigenvalue weighted by molar-refractivity contribution is 0.153. The third kappa shape index (κ3) is 6.57. The number of nitrogens with one attached hydrogen (secondary N) is 1. The van der Waals surface area contributed by atoms with Gasteiger partial charge in [-0.25, -0.2) is 0 Å². The molecule has 0 aliphatic carbocycles. The second-order valence-electron chi connectivity index (χ2n) is 7.26. The smallest absolute Gasteiger partial charge is 0.193 e. The molecule has 1 saturated heterocycles. The first kappa shape index (κ1) is 21.3. The molecule has 0 atom stereocenters. The van der Waals surface area contributed by atoms with Gasteiger partial charge in [0.1, 0.15) is 5.75 Å². The molecule has 0 unspecified atom stereocenters. The van der Waals surface area contributed by atoms with Crippen LogP contribution in [0.3, 0.4) is 0 Å². The largest absolute Gasteiger partial charge is 0.493 e. The molecule has 1 N–H and O–H groups in total. The second kappa shape index (κ2) is 10.9. The first-order valence-corrected chi connectivity index (χ1v) is 10.7. The van der Waals surface area contributed by atoms with Gasteiger partial charge < -0.3 is 19.7 Å². The number of hydrogen-bond acceptors (Lipinski definition) is 3. The summed E-state index contributed by atoms with van der Waals surface area (Å²) >= 11 is 12.1. The number of piperidine rings is 1. The lowest BCUT2D eigenvalue weighted by atomic mass is 9.98. The van der Waals surface area contributed by atoms with Gasteiger partial charge in [-0.2, -0.15) is 0 Å². The number of likely N-dealkylation sites (tertiary alicyclic amines) is 1. The highest BCUT2D eigenvalue weighted by Gasteiger charge is 2.22. The van der Waals surface area contributed by atoms with Gasteiger partial charge in [-0.1, -0.05) is 34.9 Å². The molecule has 7 heteroatoms. The van der Waals surface area contributed by atoms with E-state index in [0.29, 0.717) is 22.6 Å². The van der Waals surface area contributed by atoms with Crippen LogP contribution in [0.5, 0.6) is 5.75 Å². The van der Waals surface area contributed by atoms with Crippen LogP contribution in [0, 0.1) is 5.92 Å². The summed E-state index contributed by atoms with van der Waals surface area (Å²) in [5.74, 6) is 2.26. The average molecular weight is 426 g/mol. The van der Waals surface area contributed by atoms with Crippen LogP contribution in [0.1, 0.15) is 25.7 Å². The molecule has 2 aliphatic rings. The molecule has 0 saturated carbocycles. The van der Waals surface area contributed by atoms with Crippen molar-refractivity contribution in [2.75, 3.05) is 46.5 Å². The van der Waals surface area contributed by atoms with Crippen molar-refractivity contribution >= 4 is 29.2 Å². The standard InChI is InChI=1S/C21H29Cl2N3O2/c1-24-21(25-7-2-16-5-10-27-11-6-16)26-8-3-17(4-9-26)15-28-20-13-18(22)12-19(23)14-20/h5,12-14,17H,2-4,6-11,15H2,1H3,(H,24,25). The van der Waals surface area contributed by atoms with Crippen LogP contribution in [0.15, 0.2) is 34.8 Å². The highest BCUT2D eigenvalue weighted by atomic mass is 35.5. The van der Waals surface area contributed by atoms with E-state index in [9.17, 15) is 0 Å². The molecule has 2 heterocycles. The van der Waals surface area contributed by atoms with Crippen LogP contribution >= 0.6 is 23.2 Å². The van der Waals surface area contributed by atoms with Crippen molar-refractivity contribution in [3.05, 3.63) is 39.9 Å². The Balaban J connectivity index is 1.38. The number of hydrogen-bond donors (Lipinski definition) is 1. The van der Waals surface area contributed by atoms with Gasteiger partial charge in [-0.3, -0.25) is 4.99 Å². The quantitative estimate of drug-likeness (QED) is 0.416. The lowest BCUT2D eigenvalue weighted by Gasteiger charge is -2.34. The van der Waals surface area contributed by atoms with Crippen molar-refractivity contribution in [2.45, 2.75) is 25.7 Å². The Morgan fingerprint density at radius 2 is 2.00 bits per heavy atom. The molecule has 3 rings (SSSR count). The van der Waals surface area contributed by atoms with Crippen molar-refractivity contribution < 1.29 is 9.47 Å². The van der Waals surface area contributed by atoms with E-state index in [1.54, 1.807) is 6.07 Å². The zero-order chi connectivity index (χ0) is 19.8. The second-order valence-corrected chi connectivity index (χ2v) is 8.13. The maximum Gasteiger partial charge on any atom is 0.193 e. The van der Waals surface area contributed by atoms with Gasteiger partial charge in [-0.05, 0) is 49.8 Å². The molecule has 0 radical (unpaired) electrons. The lowest BCUT2D eigenvalue weighted by Crippen LogP contribution is -2.46. The van der Waals surface area contributed by atoms with E-state index in [1.165, 1.54) is 5.57 Å². The molecular formula is C21H29Cl2N3O2. The average Bonchev–Trinajstić information content (AvgIpc) is 2.70. The van der Waals surface area contributed by atoms with Crippen molar-refractivity contribution in [1.29, 1.82) is 0 Å². The van der Waals surface area contributed by atoms with Crippen LogP contribution in [0.25, 0.3) is 0 Å². The highest BCUT2D eigenvalue weighted by Crippen LogP contribution is 2.26. The fourth-order valence-corrected chi connectivity index (χ4v) is 4.10. The maximum atomic E-state index is 6.03. The van der Waals surface area contributed by atoms with Gasteiger partial charge in [-0.15, -0.1) is 0 Å². The van der Waals surface area contributed by atoms with Gasteiger partial charge in [0.25, 0.3) is 0 Å². The van der Waals surface area contributed by atoms with Gasteiger partial charge in [0.2, 0.25) is 0 Å². The van der Waals surface area contributed by atoms with Gasteiger partial charge in [0.05, 0.1) is 19.8 Å². The Bertz CT molecular complexity index is 681. The predicted octanol–water partition coefficient (Wildman–Crippen LogP) is 4.40. The van der Waals surface area contributed by atoms with Crippen LogP contribution in [0.2, 0.25) is 10.0 Å². The third-order valence-corrected chi connectivity index (χ3v) is 5.67. The van der Waals surface area contributed by atoms with Gasteiger partial charge in [0, 0.05) is 36.7 Å². The minimum Gasteiger partial charge on any atom is -0.493 e. The molecule has 2 aliphatic heterocycles. The highest BCUT2D eigenvalue weighted by molar-refractivity contribution is 6.34. The Labute approximate surface area is 177 Å². The Hall–Kier alpha value is -1.43. The molecule has 1 aromatic carbocycles. The van der Waals surface area contributed by atoms with Gasteiger partial charge in [0.15, 0.2) is 5.96 Å². The molecule has 0 bridgehead atoms. The summed E-state index contributed by atoms with van der Waals surface area (Å²) in [6.07, 6.45) is 6.46. The first-order valence-electron chi connectivity index (χ1n) is 9.94. The summed E-state index contributed by atoms with van der Waals surface area (Å²) in [7, 11) is 1.86. The number of ether oxygens (including phenoxy) is 2. The molecule has 5 nitrogen and oxygen atoms in total. The number of benzene rings is 1. The summed E-state index contributed by atoms with van der Waals surface area (Å²) in [5, 5.41) is 4.71. The molecule has 0 amide bonds. The number of nitrogens with zero attached hydrogens (tertiary/aromatic N) is 2. The van der Waals surface area contributed by atoms with E-state index >= 15 is 0 Å². The summed E-state index contributed by atoms with van der Waals surface area (Å²) in [5.41, 5.74) is 1.48. The van der Waals surface area contributed by atoms with E-state index in [2.05, 4.69) is 21.3 Å². The molecule has 0 spiro atoms. The van der Waals surface area contributed by atoms with Crippen molar-refractivity contribution in [3.8, 4) is 5.75 Å². The summed E-state index contributed by atoms with van der Waals surface area (Å²) in [6.45, 7) is 5.17. The van der Waals surface area contributed by atoms with Crippen LogP contribution < -0.4 is 10.1 Å². The number of guanidine groups is 1. The fourth-order valence-electron chi connectivity index (χ4n) is 3.60. The predicted molar refractivity (Wildman–Crippen MR) is 116 cm³/mol. The van der Waals surface area contributed by atoms with Crippen molar-refractivity contribution in [3.63, 3.8) is 0 Å². The molecule has 1 fully saturated rings. The Kier molecular flexibility index (Phi) is 8.31. The molecule has 154 valence electrons. The SMILES string of the molecule is CN=C(NCCC1=CCOCC1)N1CCC(COc2cc(Cl)cc(Cl)c2)CC1. The van der Waals surface area contributed by atoms with Crippen LogP contribution in [-0.2, 0) is 4.74 Å². The summed E-state index contributed by atoms with van der Waals surface area (Å²) in [4.78, 5) is 6.80. The van der Waals surface area contributed by atoms with Crippen LogP contribution in [-0.4, -0.2) is 57.4 Å². The molecule has 28 heavy (non-hydrogen) atoms. The fraction of sp³-hybridized carbons (Fsp3) is 0.571. The van der Waals surface area contributed by atoms with E-state index < -0.39 is 0 Å². The topological polar surface area (TPSA) is 46.1 Å². The van der Waals surface area contributed by atoms with E-state index in [0.717, 1.165) is 70.2 Å². The monoisotopic (exact) mass is 425 g/mol. The van der Waals surface area contributed by atoms with Crippen molar-refractivity contribution in [2.24, 2.45) is 10.9 Å². The van der Waals surface area contributed by atoms with Crippen molar-refractivity contribution in [1.82, 2.24) is 10.2 Å². The van der Waals surface area contributed by atoms with E-state index in [4.69, 9.17) is 32.7 Å². The summed E-state index contributed by atoms with van der Waals surface area (Å²) in [6, 6.07) is 5.33. The first-order chi connectivity index (χ1) is 13.6. The number of aliphatic imine (C=N–C) groups is 1. The summed E-state index contributed by atoms with van der Waals surface area (Å²) < 4.78 is 11.3. The number of halogens is 2.